The van der Waals surface area contributed by atoms with E-state index >= 15 is 0 Å². The van der Waals surface area contributed by atoms with Gasteiger partial charge in [0, 0.05) is 35.2 Å². The fourth-order valence-corrected chi connectivity index (χ4v) is 4.76. The Morgan fingerprint density at radius 3 is 2.02 bits per heavy atom. The number of carbonyl (C=O) groups excluding carboxylic acids is 1. The van der Waals surface area contributed by atoms with Crippen LogP contribution in [0.15, 0.2) is 108 Å². The van der Waals surface area contributed by atoms with Gasteiger partial charge in [-0.1, -0.05) is 83.9 Å². The van der Waals surface area contributed by atoms with Gasteiger partial charge in [-0.05, 0) is 92.4 Å². The van der Waals surface area contributed by atoms with Crippen LogP contribution in [0.3, 0.4) is 0 Å². The zero-order chi connectivity index (χ0) is 29.4. The van der Waals surface area contributed by atoms with Gasteiger partial charge in [0.05, 0.1) is 5.54 Å². The van der Waals surface area contributed by atoms with Crippen LogP contribution in [0.25, 0.3) is 11.1 Å². The normalized spacial score (nSPS) is 16.5. The highest BCUT2D eigenvalue weighted by Crippen LogP contribution is 2.50. The van der Waals surface area contributed by atoms with Crippen molar-refractivity contribution in [2.24, 2.45) is 0 Å². The molecule has 0 aromatic heterocycles. The highest BCUT2D eigenvalue weighted by Gasteiger charge is 2.54. The molecule has 4 aromatic rings. The first-order valence-corrected chi connectivity index (χ1v) is 14.3. The van der Waals surface area contributed by atoms with E-state index in [1.165, 1.54) is 27.1 Å². The van der Waals surface area contributed by atoms with E-state index in [0.717, 1.165) is 30.5 Å². The average molecular weight is 579 g/mol. The fraction of sp³-hybridized carbons (Fsp3) is 0.242. The molecule has 0 radical (unpaired) electrons. The van der Waals surface area contributed by atoms with Crippen LogP contribution in [0.4, 0.5) is 5.69 Å². The Morgan fingerprint density at radius 1 is 0.925 bits per heavy atom. The van der Waals surface area contributed by atoms with Crippen molar-refractivity contribution in [2.45, 2.75) is 36.6 Å². The molecule has 5 rings (SSSR count). The predicted molar refractivity (Wildman–Crippen MR) is 170 cm³/mol. The molecule has 2 atom stereocenters. The van der Waals surface area contributed by atoms with Gasteiger partial charge in [0.1, 0.15) is 6.29 Å². The molecule has 1 aliphatic carbocycles. The monoisotopic (exact) mass is 578 g/mol. The number of rotatable bonds is 7. The number of aliphatic hydroxyl groups excluding tert-OH is 2. The average Bonchev–Trinajstić information content (AvgIpc) is 3.75. The van der Waals surface area contributed by atoms with Crippen molar-refractivity contribution in [1.29, 1.82) is 0 Å². The summed E-state index contributed by atoms with van der Waals surface area (Å²) in [5.41, 5.74) is 5.62. The van der Waals surface area contributed by atoms with Crippen LogP contribution >= 0.6 is 23.5 Å². The van der Waals surface area contributed by atoms with Crippen LogP contribution in [0, 0.1) is 6.92 Å². The van der Waals surface area contributed by atoms with Gasteiger partial charge in [-0.25, -0.2) is 0 Å². The number of likely N-dealkylation sites (N-methyl/N-ethyl adjacent to an activating group) is 1. The number of hydrogen-bond acceptors (Lipinski definition) is 6. The highest BCUT2D eigenvalue weighted by molar-refractivity contribution is 8.00. The highest BCUT2D eigenvalue weighted by atomic mass is 35.5. The quantitative estimate of drug-likeness (QED) is 0.135. The minimum Gasteiger partial charge on any atom is -0.400 e. The maximum Gasteiger partial charge on any atom is 0.140 e. The lowest BCUT2D eigenvalue weighted by molar-refractivity contribution is -0.110. The van der Waals surface area contributed by atoms with E-state index < -0.39 is 0 Å². The molecule has 1 aliphatic rings. The van der Waals surface area contributed by atoms with Gasteiger partial charge in [0.2, 0.25) is 0 Å². The number of carbonyl (C=O) groups is 1. The first-order valence-electron chi connectivity index (χ1n) is 13.1. The van der Waals surface area contributed by atoms with Gasteiger partial charge >= 0.3 is 0 Å². The van der Waals surface area contributed by atoms with Gasteiger partial charge < -0.3 is 25.0 Å². The summed E-state index contributed by atoms with van der Waals surface area (Å²) in [4.78, 5) is 12.4. The lowest BCUT2D eigenvalue weighted by atomic mass is 10.0. The zero-order valence-electron chi connectivity index (χ0n) is 23.5. The molecule has 0 amide bonds. The smallest absolute Gasteiger partial charge is 0.140 e. The van der Waals surface area contributed by atoms with E-state index in [-0.39, 0.29) is 18.1 Å². The Balaban J connectivity index is 0.000000255. The molecule has 1 fully saturated rings. The van der Waals surface area contributed by atoms with Crippen molar-refractivity contribution < 1.29 is 15.0 Å². The zero-order valence-corrected chi connectivity index (χ0v) is 25.0. The molecule has 4 N–H and O–H groups in total. The third-order valence-corrected chi connectivity index (χ3v) is 7.32. The van der Waals surface area contributed by atoms with Gasteiger partial charge in [-0.3, -0.25) is 0 Å². The molecule has 0 bridgehead atoms. The topological polar surface area (TPSA) is 81.6 Å². The second kappa shape index (κ2) is 17.5. The van der Waals surface area contributed by atoms with E-state index in [9.17, 15) is 4.79 Å². The summed E-state index contributed by atoms with van der Waals surface area (Å²) in [6.07, 6.45) is 1.92. The number of halogens is 1. The Labute approximate surface area is 247 Å². The predicted octanol–water partition coefficient (Wildman–Crippen LogP) is 7.37. The molecule has 0 heterocycles. The maximum absolute atomic E-state index is 11.2. The molecule has 5 nitrogen and oxygen atoms in total. The summed E-state index contributed by atoms with van der Waals surface area (Å²) in [5.74, 6) is 0.281. The molecule has 7 heteroatoms. The van der Waals surface area contributed by atoms with Gasteiger partial charge in [0.25, 0.3) is 0 Å². The minimum absolute atomic E-state index is 0.250. The summed E-state index contributed by atoms with van der Waals surface area (Å²) >= 11 is 7.41. The molecule has 0 aliphatic heterocycles. The van der Waals surface area contributed by atoms with E-state index in [2.05, 4.69) is 65.5 Å². The van der Waals surface area contributed by atoms with Crippen molar-refractivity contribution >= 4 is 35.5 Å². The third-order valence-electron chi connectivity index (χ3n) is 6.23. The molecule has 212 valence electrons. The molecular formula is C33H39ClN2O3S. The van der Waals surface area contributed by atoms with Gasteiger partial charge in [0.15, 0.2) is 0 Å². The molecule has 4 aromatic carbocycles. The van der Waals surface area contributed by atoms with Crippen LogP contribution in [-0.4, -0.2) is 42.8 Å². The molecule has 0 spiro atoms. The number of aryl methyl sites for hydroxylation is 1. The number of anilines is 1. The van der Waals surface area contributed by atoms with Crippen LogP contribution in [0.1, 0.15) is 30.4 Å². The fourth-order valence-electron chi connectivity index (χ4n) is 3.97. The summed E-state index contributed by atoms with van der Waals surface area (Å²) < 4.78 is 3.36. The molecular weight excluding hydrogens is 540 g/mol. The molecule has 0 saturated heterocycles. The largest absolute Gasteiger partial charge is 0.400 e. The summed E-state index contributed by atoms with van der Waals surface area (Å²) in [6.45, 7) is 4.02. The van der Waals surface area contributed by atoms with Crippen molar-refractivity contribution in [3.05, 3.63) is 119 Å². The van der Waals surface area contributed by atoms with Gasteiger partial charge in [-0.15, -0.1) is 0 Å². The lowest BCUT2D eigenvalue weighted by Crippen LogP contribution is -2.30. The first-order chi connectivity index (χ1) is 19.4. The van der Waals surface area contributed by atoms with Crippen LogP contribution in [0.2, 0.25) is 5.02 Å². The van der Waals surface area contributed by atoms with E-state index in [1.54, 1.807) is 18.9 Å². The van der Waals surface area contributed by atoms with Gasteiger partial charge in [-0.2, -0.15) is 0 Å². The van der Waals surface area contributed by atoms with Crippen molar-refractivity contribution in [1.82, 2.24) is 5.32 Å². The Kier molecular flexibility index (Phi) is 14.5. The summed E-state index contributed by atoms with van der Waals surface area (Å²) in [6, 6.07) is 34.9. The SMILES string of the molecule is CCO.CNC1(C=O)CC1c1cccc(NSc2ccccc2)c1.CO.Cc1ccc(-c2ccc(Cl)cc2)cc1. The van der Waals surface area contributed by atoms with Crippen LogP contribution in [-0.2, 0) is 4.79 Å². The van der Waals surface area contributed by atoms with Crippen LogP contribution in [0.5, 0.6) is 0 Å². The third kappa shape index (κ3) is 10.1. The second-order valence-corrected chi connectivity index (χ2v) is 10.3. The minimum atomic E-state index is -0.356. The lowest BCUT2D eigenvalue weighted by Gasteiger charge is -2.10. The summed E-state index contributed by atoms with van der Waals surface area (Å²) in [7, 11) is 2.85. The number of aliphatic hydroxyl groups is 2. The van der Waals surface area contributed by atoms with E-state index in [1.807, 2.05) is 61.6 Å². The standard InChI is InChI=1S/C17H18N2OS.C13H11Cl.C2H6O.CH4O/c1-18-17(12-20)11-16(17)13-6-5-7-14(10-13)19-21-15-8-3-2-4-9-15;1-10-2-4-11(5-3-10)12-6-8-13(14)9-7-12;1-2-3;1-2/h2-10,12,16,18-19H,11H2,1H3;2-9H,1H3;3H,2H2,1H3;2H,1H3. The van der Waals surface area contributed by atoms with E-state index in [0.29, 0.717) is 0 Å². The van der Waals surface area contributed by atoms with Crippen LogP contribution < -0.4 is 10.0 Å². The number of benzene rings is 4. The maximum atomic E-state index is 11.2. The van der Waals surface area contributed by atoms with E-state index in [4.69, 9.17) is 21.8 Å². The van der Waals surface area contributed by atoms with Crippen molar-refractivity contribution in [2.75, 3.05) is 25.5 Å². The Morgan fingerprint density at radius 2 is 1.50 bits per heavy atom. The van der Waals surface area contributed by atoms with Crippen molar-refractivity contribution in [3.63, 3.8) is 0 Å². The number of nitrogens with one attached hydrogen (secondary N) is 2. The second-order valence-electron chi connectivity index (χ2n) is 9.00. The molecule has 1 saturated carbocycles. The first kappa shape index (κ1) is 33.1. The van der Waals surface area contributed by atoms with Crippen molar-refractivity contribution in [3.8, 4) is 11.1 Å². The molecule has 40 heavy (non-hydrogen) atoms. The Bertz CT molecular complexity index is 1230. The summed E-state index contributed by atoms with van der Waals surface area (Å²) in [5, 5.41) is 18.5. The number of hydrogen-bond donors (Lipinski definition) is 4. The Hall–Kier alpha value is -3.13. The number of aldehydes is 1. The molecule has 2 unspecified atom stereocenters.